The maximum atomic E-state index is 5.33. The highest BCUT2D eigenvalue weighted by molar-refractivity contribution is 5.22. The van der Waals surface area contributed by atoms with Gasteiger partial charge in [-0.2, -0.15) is 0 Å². The van der Waals surface area contributed by atoms with Crippen molar-refractivity contribution in [1.29, 1.82) is 0 Å². The Labute approximate surface area is 115 Å². The molecule has 2 aromatic rings. The average Bonchev–Trinajstić information content (AvgIpc) is 2.48. The summed E-state index contributed by atoms with van der Waals surface area (Å²) in [4.78, 5) is 0. The topological polar surface area (TPSA) is 21.3 Å². The van der Waals surface area contributed by atoms with E-state index in [1.165, 1.54) is 11.1 Å². The lowest BCUT2D eigenvalue weighted by Gasteiger charge is -2.23. The van der Waals surface area contributed by atoms with Crippen molar-refractivity contribution in [2.75, 3.05) is 13.7 Å². The highest BCUT2D eigenvalue weighted by Crippen LogP contribution is 2.19. The summed E-state index contributed by atoms with van der Waals surface area (Å²) in [5, 5.41) is 3.63. The van der Waals surface area contributed by atoms with E-state index < -0.39 is 0 Å². The second kappa shape index (κ2) is 7.07. The Morgan fingerprint density at radius 2 is 1.42 bits per heavy atom. The van der Waals surface area contributed by atoms with Crippen molar-refractivity contribution in [3.63, 3.8) is 0 Å². The van der Waals surface area contributed by atoms with Crippen molar-refractivity contribution in [3.05, 3.63) is 71.8 Å². The van der Waals surface area contributed by atoms with Crippen LogP contribution in [0.4, 0.5) is 0 Å². The highest BCUT2D eigenvalue weighted by atomic mass is 16.5. The molecule has 0 unspecified atom stereocenters. The molecular weight excluding hydrogens is 234 g/mol. The van der Waals surface area contributed by atoms with E-state index in [4.69, 9.17) is 4.74 Å². The molecule has 0 heterocycles. The first kappa shape index (κ1) is 13.8. The van der Waals surface area contributed by atoms with Crippen molar-refractivity contribution in [1.82, 2.24) is 5.32 Å². The molecule has 2 nitrogen and oxygen atoms in total. The molecule has 2 aromatic carbocycles. The number of ether oxygens (including phenoxy) is 1. The molecule has 0 amide bonds. The van der Waals surface area contributed by atoms with Gasteiger partial charge in [0.25, 0.3) is 0 Å². The summed E-state index contributed by atoms with van der Waals surface area (Å²) in [6.45, 7) is 2.85. The van der Waals surface area contributed by atoms with Crippen LogP contribution >= 0.6 is 0 Å². The zero-order chi connectivity index (χ0) is 13.5. The van der Waals surface area contributed by atoms with Crippen LogP contribution in [-0.2, 0) is 4.74 Å². The van der Waals surface area contributed by atoms with Crippen LogP contribution in [0.15, 0.2) is 60.7 Å². The van der Waals surface area contributed by atoms with Crippen molar-refractivity contribution in [3.8, 4) is 0 Å². The molecule has 2 rings (SSSR count). The van der Waals surface area contributed by atoms with Gasteiger partial charge in [-0.1, -0.05) is 60.7 Å². The minimum atomic E-state index is 0.210. The van der Waals surface area contributed by atoms with Gasteiger partial charge in [0.05, 0.1) is 12.6 Å². The van der Waals surface area contributed by atoms with E-state index in [2.05, 4.69) is 60.8 Å². The van der Waals surface area contributed by atoms with Gasteiger partial charge < -0.3 is 10.1 Å². The van der Waals surface area contributed by atoms with Gasteiger partial charge in [-0.3, -0.25) is 0 Å². The first-order valence-electron chi connectivity index (χ1n) is 6.66. The summed E-state index contributed by atoms with van der Waals surface area (Å²) < 4.78 is 5.33. The number of hydrogen-bond donors (Lipinski definition) is 1. The van der Waals surface area contributed by atoms with Crippen LogP contribution in [0.1, 0.15) is 30.1 Å². The second-order valence-electron chi connectivity index (χ2n) is 4.72. The van der Waals surface area contributed by atoms with Crippen molar-refractivity contribution in [2.24, 2.45) is 0 Å². The molecular formula is C17H21NO. The fraction of sp³-hybridized carbons (Fsp3) is 0.294. The van der Waals surface area contributed by atoms with Crippen LogP contribution in [-0.4, -0.2) is 13.7 Å². The Hall–Kier alpha value is -1.64. The Morgan fingerprint density at radius 1 is 0.895 bits per heavy atom. The number of hydrogen-bond acceptors (Lipinski definition) is 2. The van der Waals surface area contributed by atoms with Crippen LogP contribution < -0.4 is 5.32 Å². The van der Waals surface area contributed by atoms with Gasteiger partial charge in [-0.25, -0.2) is 0 Å². The molecule has 0 bridgehead atoms. The van der Waals surface area contributed by atoms with Crippen molar-refractivity contribution < 1.29 is 4.74 Å². The minimum Gasteiger partial charge on any atom is -0.383 e. The lowest BCUT2D eigenvalue weighted by molar-refractivity contribution is 0.162. The first-order chi connectivity index (χ1) is 9.31. The van der Waals surface area contributed by atoms with E-state index in [0.29, 0.717) is 12.6 Å². The van der Waals surface area contributed by atoms with Crippen LogP contribution in [0.25, 0.3) is 0 Å². The summed E-state index contributed by atoms with van der Waals surface area (Å²) in [6.07, 6.45) is 0. The molecule has 0 saturated heterocycles. The third-order valence-electron chi connectivity index (χ3n) is 3.29. The van der Waals surface area contributed by atoms with E-state index in [1.54, 1.807) is 7.11 Å². The number of nitrogens with one attached hydrogen (secondary N) is 1. The zero-order valence-electron chi connectivity index (χ0n) is 11.5. The molecule has 0 fully saturated rings. The van der Waals surface area contributed by atoms with Gasteiger partial charge in [0, 0.05) is 13.2 Å². The molecule has 0 aromatic heterocycles. The molecule has 19 heavy (non-hydrogen) atoms. The Bertz CT molecular complexity index is 469. The molecule has 0 aliphatic rings. The van der Waals surface area contributed by atoms with Gasteiger partial charge in [0.15, 0.2) is 0 Å². The van der Waals surface area contributed by atoms with Gasteiger partial charge in [0.2, 0.25) is 0 Å². The summed E-state index contributed by atoms with van der Waals surface area (Å²) in [6, 6.07) is 21.4. The summed E-state index contributed by atoms with van der Waals surface area (Å²) in [5.41, 5.74) is 2.55. The van der Waals surface area contributed by atoms with Gasteiger partial charge in [-0.05, 0) is 18.1 Å². The van der Waals surface area contributed by atoms with Crippen molar-refractivity contribution in [2.45, 2.75) is 19.0 Å². The Balaban J connectivity index is 2.09. The summed E-state index contributed by atoms with van der Waals surface area (Å²) in [5.74, 6) is 0. The fourth-order valence-electron chi connectivity index (χ4n) is 2.23. The Kier molecular flexibility index (Phi) is 5.13. The first-order valence-corrected chi connectivity index (χ1v) is 6.66. The quantitative estimate of drug-likeness (QED) is 0.849. The molecule has 0 aliphatic heterocycles. The third-order valence-corrected chi connectivity index (χ3v) is 3.29. The SMILES string of the molecule is COC[C@H](N[C@@H](C)c1ccccc1)c1ccccc1. The standard InChI is InChI=1S/C17H21NO/c1-14(15-9-5-3-6-10-15)18-17(13-19-2)16-11-7-4-8-12-16/h3-12,14,17-18H,13H2,1-2H3/t14-,17-/m0/s1. The third kappa shape index (κ3) is 3.91. The summed E-state index contributed by atoms with van der Waals surface area (Å²) in [7, 11) is 1.74. The average molecular weight is 255 g/mol. The van der Waals surface area contributed by atoms with E-state index >= 15 is 0 Å². The normalized spacial score (nSPS) is 14.0. The lowest BCUT2D eigenvalue weighted by Crippen LogP contribution is -2.27. The number of methoxy groups -OCH3 is 1. The maximum Gasteiger partial charge on any atom is 0.0657 e. The van der Waals surface area contributed by atoms with E-state index in [-0.39, 0.29) is 6.04 Å². The molecule has 2 heteroatoms. The smallest absolute Gasteiger partial charge is 0.0657 e. The molecule has 0 spiro atoms. The Morgan fingerprint density at radius 3 is 1.95 bits per heavy atom. The van der Waals surface area contributed by atoms with Crippen LogP contribution in [0, 0.1) is 0 Å². The predicted molar refractivity (Wildman–Crippen MR) is 79.1 cm³/mol. The molecule has 100 valence electrons. The zero-order valence-corrected chi connectivity index (χ0v) is 11.5. The predicted octanol–water partition coefficient (Wildman–Crippen LogP) is 3.72. The highest BCUT2D eigenvalue weighted by Gasteiger charge is 2.14. The molecule has 1 N–H and O–H groups in total. The molecule has 0 radical (unpaired) electrons. The largest absolute Gasteiger partial charge is 0.383 e. The molecule has 0 aliphatic carbocycles. The maximum absolute atomic E-state index is 5.33. The van der Waals surface area contributed by atoms with Gasteiger partial charge in [-0.15, -0.1) is 0 Å². The summed E-state index contributed by atoms with van der Waals surface area (Å²) >= 11 is 0. The van der Waals surface area contributed by atoms with Crippen LogP contribution in [0.2, 0.25) is 0 Å². The van der Waals surface area contributed by atoms with E-state index in [0.717, 1.165) is 0 Å². The molecule has 2 atom stereocenters. The van der Waals surface area contributed by atoms with Crippen LogP contribution in [0.3, 0.4) is 0 Å². The monoisotopic (exact) mass is 255 g/mol. The van der Waals surface area contributed by atoms with E-state index in [1.807, 2.05) is 12.1 Å². The van der Waals surface area contributed by atoms with Gasteiger partial charge in [0.1, 0.15) is 0 Å². The van der Waals surface area contributed by atoms with Crippen molar-refractivity contribution >= 4 is 0 Å². The number of benzene rings is 2. The number of rotatable bonds is 6. The second-order valence-corrected chi connectivity index (χ2v) is 4.72. The molecule has 0 saturated carbocycles. The van der Waals surface area contributed by atoms with Gasteiger partial charge >= 0.3 is 0 Å². The van der Waals surface area contributed by atoms with Crippen LogP contribution in [0.5, 0.6) is 0 Å². The van der Waals surface area contributed by atoms with E-state index in [9.17, 15) is 0 Å². The minimum absolute atomic E-state index is 0.210. The lowest BCUT2D eigenvalue weighted by atomic mass is 10.0. The fourth-order valence-corrected chi connectivity index (χ4v) is 2.23.